The summed E-state index contributed by atoms with van der Waals surface area (Å²) in [6.45, 7) is 7.86. The van der Waals surface area contributed by atoms with Gasteiger partial charge in [-0.15, -0.1) is 11.3 Å². The lowest BCUT2D eigenvalue weighted by Crippen LogP contribution is -2.55. The molecule has 0 bridgehead atoms. The third-order valence-electron chi connectivity index (χ3n) is 14.2. The molecule has 7 rings (SSSR count). The number of nitrogens with one attached hydrogen (secondary N) is 2. The molecule has 5 aromatic rings. The molecule has 2 heterocycles. The van der Waals surface area contributed by atoms with Gasteiger partial charge >= 0.3 is 0 Å². The van der Waals surface area contributed by atoms with E-state index in [0.717, 1.165) is 78.6 Å². The fourth-order valence-corrected chi connectivity index (χ4v) is 10.7. The third-order valence-corrected chi connectivity index (χ3v) is 15.2. The average molecular weight is 1090 g/mol. The molecule has 78 heavy (non-hydrogen) atoms. The van der Waals surface area contributed by atoms with Crippen LogP contribution in [0.3, 0.4) is 0 Å². The summed E-state index contributed by atoms with van der Waals surface area (Å²) < 4.78 is 34.3. The Labute approximate surface area is 463 Å². The Morgan fingerprint density at radius 2 is 1.35 bits per heavy atom. The number of hydrogen-bond donors (Lipinski definition) is 3. The number of phenols is 1. The maximum absolute atomic E-state index is 14.2. The van der Waals surface area contributed by atoms with Crippen molar-refractivity contribution < 1.29 is 52.7 Å². The summed E-state index contributed by atoms with van der Waals surface area (Å²) in [6.07, 6.45) is 7.46. The van der Waals surface area contributed by atoms with E-state index in [1.807, 2.05) is 59.5 Å². The number of aromatic nitrogens is 1. The standard InChI is InChI=1S/C61H77N5O11S/c1-5-52(44-14-8-6-9-15-44)56(45-21-25-49(67)26-22-45)46-23-27-50(28-24-46)76-31-30-65(4)55(68)41-75-37-36-73-33-32-72-34-35-74-38-39-77-51-19-12-18-48(40-51)58(69)53-42-78-60(63-53)54-20-13-29-66(54)61(71)57(47-16-10-7-11-17-47)64-59(70)43(2)62-3/h6,8-9,12,14-15,18-19,21-28,40,42-43,47,54,57,62,67H,5,7,10-11,13,16-17,20,29-39,41H2,1-4H3,(H,64,70). The Morgan fingerprint density at radius 1 is 0.718 bits per heavy atom. The number of nitrogens with zero attached hydrogens (tertiary/aromatic N) is 3. The van der Waals surface area contributed by atoms with Crippen LogP contribution in [0, 0.1) is 5.92 Å². The first-order valence-corrected chi connectivity index (χ1v) is 28.3. The van der Waals surface area contributed by atoms with Crippen LogP contribution in [0.15, 0.2) is 109 Å². The van der Waals surface area contributed by atoms with Crippen molar-refractivity contribution in [3.8, 4) is 17.2 Å². The van der Waals surface area contributed by atoms with Crippen molar-refractivity contribution in [1.82, 2.24) is 25.4 Å². The minimum Gasteiger partial charge on any atom is -0.508 e. The van der Waals surface area contributed by atoms with Gasteiger partial charge in [-0.2, -0.15) is 0 Å². The van der Waals surface area contributed by atoms with Gasteiger partial charge in [0.2, 0.25) is 23.5 Å². The first-order chi connectivity index (χ1) is 38.0. The summed E-state index contributed by atoms with van der Waals surface area (Å²) >= 11 is 1.39. The van der Waals surface area contributed by atoms with Crippen LogP contribution in [0.5, 0.6) is 17.2 Å². The predicted molar refractivity (Wildman–Crippen MR) is 302 cm³/mol. The van der Waals surface area contributed by atoms with Crippen LogP contribution in [0.4, 0.5) is 0 Å². The first kappa shape index (κ1) is 59.2. The zero-order chi connectivity index (χ0) is 55.1. The van der Waals surface area contributed by atoms with E-state index in [2.05, 4.69) is 29.7 Å². The fraction of sp³-hybridized carbons (Fsp3) is 0.459. The molecule has 1 aliphatic heterocycles. The van der Waals surface area contributed by atoms with E-state index in [4.69, 9.17) is 33.4 Å². The number of thiazole rings is 1. The number of likely N-dealkylation sites (N-methyl/N-ethyl adjacent to an activating group) is 2. The maximum Gasteiger partial charge on any atom is 0.248 e. The Bertz CT molecular complexity index is 2690. The SMILES string of the molecule is CCC(=C(c1ccc(O)cc1)c1ccc(OCCN(C)C(=O)COCCOCCOCCOCCOc2cccc(C(=O)c3csc(C4CCCN4C(=O)C(NC(=O)C(C)NC)C4CCCCC4)n3)c2)cc1)c1ccccc1. The highest BCUT2D eigenvalue weighted by Crippen LogP contribution is 2.38. The zero-order valence-corrected chi connectivity index (χ0v) is 46.4. The lowest BCUT2D eigenvalue weighted by Gasteiger charge is -2.35. The van der Waals surface area contributed by atoms with Crippen molar-refractivity contribution in [3.05, 3.63) is 141 Å². The van der Waals surface area contributed by atoms with E-state index in [1.165, 1.54) is 16.9 Å². The summed E-state index contributed by atoms with van der Waals surface area (Å²) in [4.78, 5) is 61.7. The highest BCUT2D eigenvalue weighted by Gasteiger charge is 2.40. The van der Waals surface area contributed by atoms with E-state index in [9.17, 15) is 24.3 Å². The number of carbonyl (C=O) groups excluding carboxylic acids is 4. The maximum atomic E-state index is 14.2. The smallest absolute Gasteiger partial charge is 0.248 e. The highest BCUT2D eigenvalue weighted by atomic mass is 32.1. The first-order valence-electron chi connectivity index (χ1n) is 27.4. The monoisotopic (exact) mass is 1090 g/mol. The van der Waals surface area contributed by atoms with Crippen molar-refractivity contribution in [1.29, 1.82) is 0 Å². The number of benzene rings is 4. The van der Waals surface area contributed by atoms with Crippen molar-refractivity contribution in [2.24, 2.45) is 5.92 Å². The Morgan fingerprint density at radius 3 is 2.01 bits per heavy atom. The number of allylic oxidation sites excluding steroid dienone is 1. The summed E-state index contributed by atoms with van der Waals surface area (Å²) in [7, 11) is 3.45. The molecule has 16 nitrogen and oxygen atoms in total. The van der Waals surface area contributed by atoms with Crippen LogP contribution in [0.1, 0.15) is 109 Å². The van der Waals surface area contributed by atoms with Crippen LogP contribution in [0.2, 0.25) is 0 Å². The number of aromatic hydroxyl groups is 1. The van der Waals surface area contributed by atoms with Crippen LogP contribution < -0.4 is 20.1 Å². The number of hydrogen-bond acceptors (Lipinski definition) is 14. The number of likely N-dealkylation sites (tertiary alicyclic amines) is 1. The van der Waals surface area contributed by atoms with Crippen molar-refractivity contribution in [3.63, 3.8) is 0 Å². The number of carbonyl (C=O) groups is 4. The van der Waals surface area contributed by atoms with Crippen molar-refractivity contribution >= 4 is 46.0 Å². The molecule has 1 saturated heterocycles. The predicted octanol–water partition coefficient (Wildman–Crippen LogP) is 8.77. The molecule has 2 aliphatic rings. The van der Waals surface area contributed by atoms with Crippen LogP contribution in [-0.4, -0.2) is 149 Å². The molecular formula is C61H77N5O11S. The molecule has 3 amide bonds. The van der Waals surface area contributed by atoms with Gasteiger partial charge in [0.15, 0.2) is 0 Å². The van der Waals surface area contributed by atoms with E-state index in [0.29, 0.717) is 82.1 Å². The Hall–Kier alpha value is -6.47. The van der Waals surface area contributed by atoms with Gasteiger partial charge in [-0.25, -0.2) is 4.98 Å². The second-order valence-corrected chi connectivity index (χ2v) is 20.4. The van der Waals surface area contributed by atoms with E-state index >= 15 is 0 Å². The van der Waals surface area contributed by atoms with Gasteiger partial charge in [0.05, 0.1) is 64.9 Å². The molecule has 0 spiro atoms. The third kappa shape index (κ3) is 17.3. The fourth-order valence-electron chi connectivity index (χ4n) is 9.74. The minimum atomic E-state index is -0.586. The topological polar surface area (TPSA) is 187 Å². The summed E-state index contributed by atoms with van der Waals surface area (Å²) in [6, 6.07) is 31.3. The van der Waals surface area contributed by atoms with E-state index < -0.39 is 12.1 Å². The van der Waals surface area contributed by atoms with Gasteiger partial charge in [-0.3, -0.25) is 19.2 Å². The Kier molecular flexibility index (Phi) is 23.7. The van der Waals surface area contributed by atoms with Crippen molar-refractivity contribution in [2.75, 3.05) is 93.3 Å². The summed E-state index contributed by atoms with van der Waals surface area (Å²) in [5, 5.41) is 18.5. The molecule has 1 saturated carbocycles. The van der Waals surface area contributed by atoms with Gasteiger partial charge in [0.1, 0.15) is 53.8 Å². The number of rotatable bonds is 31. The number of ketones is 1. The highest BCUT2D eigenvalue weighted by molar-refractivity contribution is 7.10. The molecule has 4 aromatic carbocycles. The average Bonchev–Trinajstić information content (AvgIpc) is 4.19. The molecule has 2 fully saturated rings. The molecule has 3 N–H and O–H groups in total. The van der Waals surface area contributed by atoms with Crippen LogP contribution in [0.25, 0.3) is 11.1 Å². The molecular weight excluding hydrogens is 1010 g/mol. The molecule has 1 aliphatic carbocycles. The molecule has 418 valence electrons. The van der Waals surface area contributed by atoms with Crippen molar-refractivity contribution in [2.45, 2.75) is 83.3 Å². The number of ether oxygens (including phenoxy) is 6. The lowest BCUT2D eigenvalue weighted by atomic mass is 9.83. The normalized spacial score (nSPS) is 15.8. The molecule has 0 radical (unpaired) electrons. The molecule has 17 heteroatoms. The summed E-state index contributed by atoms with van der Waals surface area (Å²) in [5.74, 6) is 0.919. The van der Waals surface area contributed by atoms with Gasteiger partial charge in [-0.1, -0.05) is 92.9 Å². The number of amides is 3. The van der Waals surface area contributed by atoms with Crippen LogP contribution >= 0.6 is 11.3 Å². The zero-order valence-electron chi connectivity index (χ0n) is 45.6. The second kappa shape index (κ2) is 31.2. The molecule has 1 aromatic heterocycles. The Balaban J connectivity index is 0.724. The quantitative estimate of drug-likeness (QED) is 0.0217. The summed E-state index contributed by atoms with van der Waals surface area (Å²) in [5.41, 5.74) is 6.26. The lowest BCUT2D eigenvalue weighted by molar-refractivity contribution is -0.139. The number of phenolic OH excluding ortho intramolecular Hbond substituents is 1. The largest absolute Gasteiger partial charge is 0.508 e. The van der Waals surface area contributed by atoms with Crippen LogP contribution in [-0.2, 0) is 33.3 Å². The van der Waals surface area contributed by atoms with E-state index in [-0.39, 0.29) is 61.0 Å². The van der Waals surface area contributed by atoms with E-state index in [1.54, 1.807) is 67.7 Å². The van der Waals surface area contributed by atoms with Gasteiger partial charge < -0.3 is 54.0 Å². The van der Waals surface area contributed by atoms with Gasteiger partial charge in [0.25, 0.3) is 0 Å². The van der Waals surface area contributed by atoms with Gasteiger partial charge in [-0.05, 0) is 116 Å². The second-order valence-electron chi connectivity index (χ2n) is 19.6. The molecule has 3 unspecified atom stereocenters. The molecule has 3 atom stereocenters. The minimum absolute atomic E-state index is 0.0636. The van der Waals surface area contributed by atoms with Gasteiger partial charge in [0, 0.05) is 24.5 Å².